The topological polar surface area (TPSA) is 75.4 Å². The van der Waals surface area contributed by atoms with Crippen LogP contribution < -0.4 is 5.32 Å². The smallest absolute Gasteiger partial charge is 0.245 e. The molecule has 128 valence electrons. The summed E-state index contributed by atoms with van der Waals surface area (Å²) in [6, 6.07) is 9.49. The maximum atomic E-state index is 13.0. The number of aryl methyl sites for hydroxylation is 1. The van der Waals surface area contributed by atoms with Gasteiger partial charge in [0.1, 0.15) is 23.5 Å². The molecule has 0 radical (unpaired) electrons. The molecule has 1 fully saturated rings. The summed E-state index contributed by atoms with van der Waals surface area (Å²) in [5.74, 6) is 0.966. The van der Waals surface area contributed by atoms with Gasteiger partial charge in [0.15, 0.2) is 5.65 Å². The van der Waals surface area contributed by atoms with Gasteiger partial charge >= 0.3 is 0 Å². The molecular weight excluding hydrogens is 323 g/mol. The Labute approximate surface area is 143 Å². The predicted molar refractivity (Wildman–Crippen MR) is 89.4 cm³/mol. The van der Waals surface area contributed by atoms with E-state index in [9.17, 15) is 9.18 Å². The lowest BCUT2D eigenvalue weighted by molar-refractivity contribution is -0.128. The first-order valence-electron chi connectivity index (χ1n) is 8.09. The van der Waals surface area contributed by atoms with E-state index in [1.165, 1.54) is 16.8 Å². The number of nitrogens with zero attached hydrogens (tertiary/aromatic N) is 5. The van der Waals surface area contributed by atoms with Crippen LogP contribution in [0, 0.1) is 12.7 Å². The number of likely N-dealkylation sites (tertiary alicyclic amines) is 1. The van der Waals surface area contributed by atoms with Crippen LogP contribution in [-0.2, 0) is 11.3 Å². The number of fused-ring (bicyclic) bond motifs is 1. The summed E-state index contributed by atoms with van der Waals surface area (Å²) in [5, 5.41) is 11.7. The summed E-state index contributed by atoms with van der Waals surface area (Å²) < 4.78 is 14.4. The molecule has 0 saturated carbocycles. The minimum absolute atomic E-state index is 0.0148. The molecule has 4 rings (SSSR count). The molecule has 1 amide bonds. The Kier molecular flexibility index (Phi) is 3.79. The van der Waals surface area contributed by atoms with Crippen LogP contribution in [-0.4, -0.2) is 43.2 Å². The van der Waals surface area contributed by atoms with E-state index in [4.69, 9.17) is 0 Å². The normalized spacial score (nSPS) is 17.4. The molecule has 1 aliphatic rings. The molecule has 0 aliphatic carbocycles. The van der Waals surface area contributed by atoms with Crippen LogP contribution in [0.3, 0.4) is 0 Å². The summed E-state index contributed by atoms with van der Waals surface area (Å²) >= 11 is 0. The zero-order valence-electron chi connectivity index (χ0n) is 13.7. The number of anilines is 1. The maximum absolute atomic E-state index is 13.0. The fraction of sp³-hybridized carbons (Fsp3) is 0.294. The second-order valence-corrected chi connectivity index (χ2v) is 6.10. The van der Waals surface area contributed by atoms with Crippen LogP contribution in [0.15, 0.2) is 36.4 Å². The van der Waals surface area contributed by atoms with Gasteiger partial charge in [-0.1, -0.05) is 12.1 Å². The lowest BCUT2D eigenvalue weighted by Gasteiger charge is -2.17. The van der Waals surface area contributed by atoms with Crippen molar-refractivity contribution in [2.45, 2.75) is 25.9 Å². The highest BCUT2D eigenvalue weighted by Gasteiger charge is 2.31. The molecule has 1 N–H and O–H groups in total. The minimum atomic E-state index is -0.324. The molecule has 1 atom stereocenters. The van der Waals surface area contributed by atoms with Crippen molar-refractivity contribution in [1.29, 1.82) is 0 Å². The molecule has 1 saturated heterocycles. The third kappa shape index (κ3) is 3.15. The lowest BCUT2D eigenvalue weighted by atomic mass is 10.2. The number of carbonyl (C=O) groups is 1. The molecule has 3 heterocycles. The Morgan fingerprint density at radius 1 is 1.20 bits per heavy atom. The predicted octanol–water partition coefficient (Wildman–Crippen LogP) is 1.78. The van der Waals surface area contributed by atoms with Gasteiger partial charge in [0.05, 0.1) is 0 Å². The van der Waals surface area contributed by atoms with Crippen molar-refractivity contribution in [3.8, 4) is 0 Å². The summed E-state index contributed by atoms with van der Waals surface area (Å²) in [6.45, 7) is 2.93. The highest BCUT2D eigenvalue weighted by molar-refractivity contribution is 5.86. The van der Waals surface area contributed by atoms with Crippen LogP contribution in [0.1, 0.15) is 17.8 Å². The number of amides is 1. The van der Waals surface area contributed by atoms with Gasteiger partial charge in [-0.15, -0.1) is 14.8 Å². The van der Waals surface area contributed by atoms with E-state index in [0.717, 1.165) is 5.56 Å². The number of carbonyl (C=O) groups excluding carboxylic acids is 1. The van der Waals surface area contributed by atoms with E-state index in [1.807, 2.05) is 6.07 Å². The van der Waals surface area contributed by atoms with Gasteiger partial charge in [0, 0.05) is 13.1 Å². The van der Waals surface area contributed by atoms with Crippen LogP contribution in [0.5, 0.6) is 0 Å². The van der Waals surface area contributed by atoms with Crippen molar-refractivity contribution < 1.29 is 9.18 Å². The quantitative estimate of drug-likeness (QED) is 0.784. The van der Waals surface area contributed by atoms with Crippen LogP contribution in [0.4, 0.5) is 10.2 Å². The lowest BCUT2D eigenvalue weighted by Crippen LogP contribution is -2.33. The number of rotatable bonds is 4. The number of aromatic nitrogens is 4. The van der Waals surface area contributed by atoms with Crippen molar-refractivity contribution >= 4 is 17.4 Å². The van der Waals surface area contributed by atoms with Gasteiger partial charge in [0.25, 0.3) is 0 Å². The summed E-state index contributed by atoms with van der Waals surface area (Å²) in [6.07, 6.45) is 0.691. The van der Waals surface area contributed by atoms with Crippen molar-refractivity contribution in [3.05, 3.63) is 53.6 Å². The van der Waals surface area contributed by atoms with Gasteiger partial charge in [-0.05, 0) is 43.2 Å². The monoisotopic (exact) mass is 340 g/mol. The van der Waals surface area contributed by atoms with Crippen LogP contribution in [0.2, 0.25) is 0 Å². The SMILES string of the molecule is Cc1nc2ccc(N[C@H]3CCN(Cc4ccc(F)cc4)C3=O)nn2n1. The van der Waals surface area contributed by atoms with Crippen molar-refractivity contribution in [2.24, 2.45) is 0 Å². The number of benzene rings is 1. The van der Waals surface area contributed by atoms with Gasteiger partial charge < -0.3 is 10.2 Å². The molecule has 0 unspecified atom stereocenters. The molecular formula is C17H17FN6O. The first-order valence-corrected chi connectivity index (χ1v) is 8.09. The van der Waals surface area contributed by atoms with E-state index < -0.39 is 0 Å². The van der Waals surface area contributed by atoms with Gasteiger partial charge in [-0.3, -0.25) is 4.79 Å². The Balaban J connectivity index is 1.44. The van der Waals surface area contributed by atoms with Crippen molar-refractivity contribution in [3.63, 3.8) is 0 Å². The second kappa shape index (κ2) is 6.12. The van der Waals surface area contributed by atoms with E-state index >= 15 is 0 Å². The average molecular weight is 340 g/mol. The molecule has 2 aromatic heterocycles. The Morgan fingerprint density at radius 2 is 2.00 bits per heavy atom. The standard InChI is InChI=1S/C17H17FN6O/c1-11-19-16-7-6-15(22-24(16)21-11)20-14-8-9-23(17(14)25)10-12-2-4-13(18)5-3-12/h2-7,14H,8-10H2,1H3,(H,20,22)/t14-/m0/s1. The van der Waals surface area contributed by atoms with E-state index in [1.54, 1.807) is 30.0 Å². The largest absolute Gasteiger partial charge is 0.357 e. The molecule has 1 aliphatic heterocycles. The number of nitrogens with one attached hydrogen (secondary N) is 1. The maximum Gasteiger partial charge on any atom is 0.245 e. The summed E-state index contributed by atoms with van der Waals surface area (Å²) in [7, 11) is 0. The number of hydrogen-bond donors (Lipinski definition) is 1. The fourth-order valence-corrected chi connectivity index (χ4v) is 2.98. The highest BCUT2D eigenvalue weighted by atomic mass is 19.1. The van der Waals surface area contributed by atoms with E-state index in [0.29, 0.717) is 36.8 Å². The Bertz CT molecular complexity index is 923. The molecule has 3 aromatic rings. The van der Waals surface area contributed by atoms with Crippen LogP contribution in [0.25, 0.3) is 5.65 Å². The Hall–Kier alpha value is -3.03. The van der Waals surface area contributed by atoms with Crippen LogP contribution >= 0.6 is 0 Å². The first-order chi connectivity index (χ1) is 12.1. The molecule has 7 nitrogen and oxygen atoms in total. The molecule has 1 aromatic carbocycles. The zero-order chi connectivity index (χ0) is 17.4. The number of hydrogen-bond acceptors (Lipinski definition) is 5. The second-order valence-electron chi connectivity index (χ2n) is 6.10. The van der Waals surface area contributed by atoms with Crippen molar-refractivity contribution in [2.75, 3.05) is 11.9 Å². The van der Waals surface area contributed by atoms with E-state index in [-0.39, 0.29) is 17.8 Å². The third-order valence-corrected chi connectivity index (χ3v) is 4.22. The first kappa shape index (κ1) is 15.5. The minimum Gasteiger partial charge on any atom is -0.357 e. The zero-order valence-corrected chi connectivity index (χ0v) is 13.7. The Morgan fingerprint density at radius 3 is 2.80 bits per heavy atom. The molecule has 0 bridgehead atoms. The van der Waals surface area contributed by atoms with Gasteiger partial charge in [0.2, 0.25) is 5.91 Å². The van der Waals surface area contributed by atoms with E-state index in [2.05, 4.69) is 20.5 Å². The highest BCUT2D eigenvalue weighted by Crippen LogP contribution is 2.19. The van der Waals surface area contributed by atoms with Gasteiger partial charge in [-0.2, -0.15) is 0 Å². The molecule has 8 heteroatoms. The average Bonchev–Trinajstić information content (AvgIpc) is 3.12. The van der Waals surface area contributed by atoms with Crippen molar-refractivity contribution in [1.82, 2.24) is 24.7 Å². The van der Waals surface area contributed by atoms with Gasteiger partial charge in [-0.25, -0.2) is 9.37 Å². The third-order valence-electron chi connectivity index (χ3n) is 4.22. The fourth-order valence-electron chi connectivity index (χ4n) is 2.98. The summed E-state index contributed by atoms with van der Waals surface area (Å²) in [4.78, 5) is 18.6. The number of halogens is 1. The molecule has 25 heavy (non-hydrogen) atoms. The molecule has 0 spiro atoms. The summed E-state index contributed by atoms with van der Waals surface area (Å²) in [5.41, 5.74) is 1.58.